The van der Waals surface area contributed by atoms with Gasteiger partial charge in [-0.25, -0.2) is 9.80 Å². The Morgan fingerprint density at radius 1 is 0.889 bits per heavy atom. The van der Waals surface area contributed by atoms with Gasteiger partial charge in [0.15, 0.2) is 0 Å². The molecule has 0 radical (unpaired) electrons. The monoisotopic (exact) mass is 324 g/mol. The van der Waals surface area contributed by atoms with Gasteiger partial charge in [-0.3, -0.25) is 20.4 Å². The first-order chi connectivity index (χ1) is 8.11. The van der Waals surface area contributed by atoms with E-state index in [1.165, 1.54) is 0 Å². The molecule has 0 atom stereocenters. The molecule has 0 aromatic rings. The van der Waals surface area contributed by atoms with Gasteiger partial charge in [0.25, 0.3) is 0 Å². The maximum Gasteiger partial charge on any atom is 0.325 e. The number of nitrogens with two attached hydrogens (primary N) is 2. The predicted molar refractivity (Wildman–Crippen MR) is 80.7 cm³/mol. The number of hydrogen-bond donors (Lipinski definition) is 6. The zero-order valence-electron chi connectivity index (χ0n) is 8.58. The zero-order chi connectivity index (χ0) is 14.6. The van der Waals surface area contributed by atoms with Gasteiger partial charge < -0.3 is 11.5 Å². The molecule has 0 aromatic carbocycles. The van der Waals surface area contributed by atoms with Crippen LogP contribution in [0, 0.1) is 10.8 Å². The molecule has 18 heavy (non-hydrogen) atoms. The lowest BCUT2D eigenvalue weighted by Gasteiger charge is -2.22. The van der Waals surface area contributed by atoms with Crippen molar-refractivity contribution in [3.05, 3.63) is 0 Å². The molecule has 6 N–H and O–H groups in total. The van der Waals surface area contributed by atoms with Crippen LogP contribution in [0.25, 0.3) is 0 Å². The summed E-state index contributed by atoms with van der Waals surface area (Å²) in [4.78, 5) is 24.1. The highest BCUT2D eigenvalue weighted by atomic mass is 32.1. The van der Waals surface area contributed by atoms with Gasteiger partial charge in [0.2, 0.25) is 11.9 Å². The van der Waals surface area contributed by atoms with Gasteiger partial charge in [-0.05, 0) is 0 Å². The summed E-state index contributed by atoms with van der Waals surface area (Å²) in [5.74, 6) is -4.26. The van der Waals surface area contributed by atoms with Crippen LogP contribution in [0.1, 0.15) is 0 Å². The van der Waals surface area contributed by atoms with E-state index in [1.807, 2.05) is 0 Å². The Morgan fingerprint density at radius 3 is 1.22 bits per heavy atom. The van der Waals surface area contributed by atoms with Crippen molar-refractivity contribution < 1.29 is 9.59 Å². The lowest BCUT2D eigenvalue weighted by molar-refractivity contribution is -0.143. The molecule has 98 valence electrons. The highest BCUT2D eigenvalue weighted by Crippen LogP contribution is 2.03. The largest absolute Gasteiger partial charge is 0.369 e. The molecule has 0 heterocycles. The third-order valence-electron chi connectivity index (χ3n) is 1.45. The van der Waals surface area contributed by atoms with Crippen molar-refractivity contribution in [1.82, 2.24) is 9.80 Å². The van der Waals surface area contributed by atoms with Gasteiger partial charge in [0.05, 0.1) is 0 Å². The Kier molecular flexibility index (Phi) is 6.17. The van der Waals surface area contributed by atoms with E-state index in [9.17, 15) is 9.59 Å². The number of amides is 2. The van der Waals surface area contributed by atoms with Gasteiger partial charge in [-0.15, -0.1) is 25.3 Å². The molecule has 0 spiro atoms. The number of guanidine groups is 2. The van der Waals surface area contributed by atoms with Crippen molar-refractivity contribution in [2.45, 2.75) is 0 Å². The first kappa shape index (κ1) is 16.8. The smallest absolute Gasteiger partial charge is 0.325 e. The van der Waals surface area contributed by atoms with Crippen LogP contribution >= 0.6 is 49.7 Å². The molecule has 0 fully saturated rings. The fourth-order valence-corrected chi connectivity index (χ4v) is 1.55. The first-order valence-corrected chi connectivity index (χ1v) is 5.64. The minimum absolute atomic E-state index is 0.350. The molecule has 2 amide bonds. The highest BCUT2D eigenvalue weighted by molar-refractivity contribution is 8.11. The van der Waals surface area contributed by atoms with E-state index in [2.05, 4.69) is 49.7 Å². The summed E-state index contributed by atoms with van der Waals surface area (Å²) >= 11 is 16.4. The van der Waals surface area contributed by atoms with Crippen LogP contribution in [0.5, 0.6) is 0 Å². The lowest BCUT2D eigenvalue weighted by atomic mass is 10.4. The summed E-state index contributed by atoms with van der Waals surface area (Å²) in [5.41, 5.74) is 10.1. The topological polar surface area (TPSA) is 140 Å². The standard InChI is InChI=1S/C6H8N6O2S4/c7-3(8)11(5(15)16)1(13)2(14)12(4(9)10)6(17)18/h(H3,7,8)(H3,9,10)(H,15,16)(H,17,18). The minimum Gasteiger partial charge on any atom is -0.369 e. The van der Waals surface area contributed by atoms with E-state index in [4.69, 9.17) is 22.3 Å². The second-order valence-corrected chi connectivity index (χ2v) is 4.84. The summed E-state index contributed by atoms with van der Waals surface area (Å²) in [6.45, 7) is 0. The molecule has 0 bridgehead atoms. The number of nitrogens with one attached hydrogen (secondary N) is 2. The van der Waals surface area contributed by atoms with Gasteiger partial charge in [-0.2, -0.15) is 0 Å². The van der Waals surface area contributed by atoms with E-state index in [0.717, 1.165) is 0 Å². The van der Waals surface area contributed by atoms with Crippen molar-refractivity contribution in [2.75, 3.05) is 0 Å². The number of carbonyl (C=O) groups is 2. The summed E-state index contributed by atoms with van der Waals surface area (Å²) in [6.07, 6.45) is 0. The second-order valence-electron chi connectivity index (χ2n) is 2.62. The third-order valence-corrected chi connectivity index (χ3v) is 2.22. The number of nitrogens with zero attached hydrogens (tertiary/aromatic N) is 2. The molecule has 0 unspecified atom stereocenters. The maximum atomic E-state index is 11.7. The van der Waals surface area contributed by atoms with Crippen LogP contribution in [0.15, 0.2) is 0 Å². The number of rotatable bonds is 0. The summed E-state index contributed by atoms with van der Waals surface area (Å²) in [7, 11) is 0. The van der Waals surface area contributed by atoms with Crippen molar-refractivity contribution >= 4 is 82.1 Å². The molecule has 12 heteroatoms. The summed E-state index contributed by atoms with van der Waals surface area (Å²) < 4.78 is -0.816. The Balaban J connectivity index is 5.37. The Bertz CT molecular complexity index is 393. The average Bonchev–Trinajstić information content (AvgIpc) is 2.14. The van der Waals surface area contributed by atoms with Crippen molar-refractivity contribution in [3.63, 3.8) is 0 Å². The molecule has 0 saturated heterocycles. The SMILES string of the molecule is N=C(N)N(C(=O)C(=O)N(C(=N)N)C(=S)S)C(=S)S. The molecule has 0 aromatic heterocycles. The summed E-state index contributed by atoms with van der Waals surface area (Å²) in [6, 6.07) is 0. The van der Waals surface area contributed by atoms with E-state index in [-0.39, 0.29) is 0 Å². The van der Waals surface area contributed by atoms with Gasteiger partial charge in [0, 0.05) is 0 Å². The van der Waals surface area contributed by atoms with Crippen LogP contribution in [-0.2, 0) is 9.59 Å². The van der Waals surface area contributed by atoms with Crippen molar-refractivity contribution in [3.8, 4) is 0 Å². The molecule has 8 nitrogen and oxygen atoms in total. The van der Waals surface area contributed by atoms with E-state index < -0.39 is 32.4 Å². The van der Waals surface area contributed by atoms with E-state index >= 15 is 0 Å². The van der Waals surface area contributed by atoms with Crippen LogP contribution in [0.4, 0.5) is 0 Å². The average molecular weight is 324 g/mol. The number of thiol groups is 2. The zero-order valence-corrected chi connectivity index (χ0v) is 12.0. The normalized spacial score (nSPS) is 9.22. The van der Waals surface area contributed by atoms with E-state index in [0.29, 0.717) is 9.80 Å². The Hall–Kier alpha value is -1.24. The third kappa shape index (κ3) is 3.90. The quantitative estimate of drug-likeness (QED) is 0.109. The van der Waals surface area contributed by atoms with Gasteiger partial charge >= 0.3 is 11.8 Å². The molecule has 0 aliphatic carbocycles. The maximum absolute atomic E-state index is 11.7. The second kappa shape index (κ2) is 6.63. The number of thiocarbonyl (C=S) groups is 2. The number of carbonyl (C=O) groups excluding carboxylic acids is 2. The fraction of sp³-hybridized carbons (Fsp3) is 0. The Morgan fingerprint density at radius 2 is 1.11 bits per heavy atom. The highest BCUT2D eigenvalue weighted by Gasteiger charge is 2.33. The lowest BCUT2D eigenvalue weighted by Crippen LogP contribution is -2.54. The molecular weight excluding hydrogens is 316 g/mol. The van der Waals surface area contributed by atoms with E-state index in [1.54, 1.807) is 0 Å². The van der Waals surface area contributed by atoms with Crippen LogP contribution in [-0.4, -0.2) is 42.2 Å². The van der Waals surface area contributed by atoms with Crippen LogP contribution in [0.2, 0.25) is 0 Å². The van der Waals surface area contributed by atoms with Gasteiger partial charge in [-0.1, -0.05) is 24.4 Å². The summed E-state index contributed by atoms with van der Waals surface area (Å²) in [5, 5.41) is 14.2. The minimum atomic E-state index is -1.32. The predicted octanol–water partition coefficient (Wildman–Crippen LogP) is -1.14. The van der Waals surface area contributed by atoms with Gasteiger partial charge in [0.1, 0.15) is 8.64 Å². The molecule has 0 aliphatic heterocycles. The van der Waals surface area contributed by atoms with Crippen molar-refractivity contribution in [1.29, 1.82) is 10.8 Å². The molecule has 0 rings (SSSR count). The first-order valence-electron chi connectivity index (χ1n) is 3.93. The Labute approximate surface area is 123 Å². The molecule has 0 aliphatic rings. The fourth-order valence-electron chi connectivity index (χ4n) is 0.790. The van der Waals surface area contributed by atoms with Crippen molar-refractivity contribution in [2.24, 2.45) is 11.5 Å². The molecular formula is C6H8N6O2S4. The molecule has 0 saturated carbocycles. The number of hydrogen-bond acceptors (Lipinski definition) is 6. The van der Waals surface area contributed by atoms with Crippen LogP contribution in [0.3, 0.4) is 0 Å². The van der Waals surface area contributed by atoms with Crippen LogP contribution < -0.4 is 11.5 Å².